The molecule has 0 aromatic heterocycles. The molecule has 0 radical (unpaired) electrons. The molecule has 2 rings (SSSR count). The van der Waals surface area contributed by atoms with Crippen molar-refractivity contribution in [3.8, 4) is 0 Å². The van der Waals surface area contributed by atoms with E-state index in [0.717, 1.165) is 0 Å². The highest BCUT2D eigenvalue weighted by Crippen LogP contribution is 2.27. The Morgan fingerprint density at radius 2 is 2.21 bits per heavy atom. The van der Waals surface area contributed by atoms with Crippen molar-refractivity contribution < 1.29 is 9.18 Å². The van der Waals surface area contributed by atoms with Crippen molar-refractivity contribution in [2.45, 2.75) is 19.9 Å². The highest BCUT2D eigenvalue weighted by atomic mass is 35.5. The van der Waals surface area contributed by atoms with E-state index in [0.29, 0.717) is 18.4 Å². The van der Waals surface area contributed by atoms with Crippen LogP contribution in [0.3, 0.4) is 0 Å². The zero-order chi connectivity index (χ0) is 14.0. The number of guanidine groups is 1. The van der Waals surface area contributed by atoms with Crippen molar-refractivity contribution in [2.24, 2.45) is 10.9 Å². The summed E-state index contributed by atoms with van der Waals surface area (Å²) in [5.74, 6) is -0.120. The van der Waals surface area contributed by atoms with Gasteiger partial charge in [0.1, 0.15) is 11.9 Å². The molecule has 102 valence electrons. The maximum Gasteiger partial charge on any atom is 0.254 e. The van der Waals surface area contributed by atoms with Gasteiger partial charge in [0.2, 0.25) is 0 Å². The molecule has 1 fully saturated rings. The van der Waals surface area contributed by atoms with E-state index in [1.54, 1.807) is 6.07 Å². The van der Waals surface area contributed by atoms with Gasteiger partial charge in [0.15, 0.2) is 5.96 Å². The predicted molar refractivity (Wildman–Crippen MR) is 72.6 cm³/mol. The average molecular weight is 284 g/mol. The van der Waals surface area contributed by atoms with Crippen molar-refractivity contribution in [1.82, 2.24) is 10.6 Å². The van der Waals surface area contributed by atoms with Gasteiger partial charge >= 0.3 is 0 Å². The van der Waals surface area contributed by atoms with Crippen LogP contribution >= 0.6 is 11.6 Å². The van der Waals surface area contributed by atoms with Crippen molar-refractivity contribution in [3.05, 3.63) is 34.6 Å². The van der Waals surface area contributed by atoms with E-state index in [2.05, 4.69) is 15.6 Å². The predicted octanol–water partition coefficient (Wildman–Crippen LogP) is 2.25. The molecule has 6 heteroatoms. The third-order valence-corrected chi connectivity index (χ3v) is 3.02. The molecule has 1 aliphatic rings. The summed E-state index contributed by atoms with van der Waals surface area (Å²) >= 11 is 5.95. The van der Waals surface area contributed by atoms with Gasteiger partial charge in [0.25, 0.3) is 5.91 Å². The molecule has 0 saturated carbocycles. The van der Waals surface area contributed by atoms with E-state index in [1.165, 1.54) is 12.1 Å². The fourth-order valence-electron chi connectivity index (χ4n) is 1.78. The lowest BCUT2D eigenvalue weighted by atomic mass is 10.1. The van der Waals surface area contributed by atoms with Crippen LogP contribution in [0.25, 0.3) is 0 Å². The van der Waals surface area contributed by atoms with E-state index >= 15 is 0 Å². The van der Waals surface area contributed by atoms with Crippen molar-refractivity contribution in [1.29, 1.82) is 0 Å². The molecule has 0 aliphatic carbocycles. The van der Waals surface area contributed by atoms with Crippen LogP contribution in [0.4, 0.5) is 4.39 Å². The Bertz CT molecular complexity index is 510. The lowest BCUT2D eigenvalue weighted by Gasteiger charge is -2.11. The number of nitrogens with zero attached hydrogens (tertiary/aromatic N) is 1. The Kier molecular flexibility index (Phi) is 4.04. The molecule has 1 aliphatic heterocycles. The zero-order valence-corrected chi connectivity index (χ0v) is 11.5. The monoisotopic (exact) mass is 283 g/mol. The first-order valence-electron chi connectivity index (χ1n) is 6.04. The minimum atomic E-state index is -0.834. The summed E-state index contributed by atoms with van der Waals surface area (Å²) in [4.78, 5) is 16.1. The molecular formula is C13H15ClFN3O. The summed E-state index contributed by atoms with van der Waals surface area (Å²) in [7, 11) is 0. The van der Waals surface area contributed by atoms with E-state index in [-0.39, 0.29) is 16.5 Å². The quantitative estimate of drug-likeness (QED) is 0.894. The number of aliphatic imine (C=N–C) groups is 1. The molecule has 2 N–H and O–H groups in total. The van der Waals surface area contributed by atoms with Gasteiger partial charge in [0.05, 0.1) is 0 Å². The standard InChI is InChI=1S/C13H15ClFN3O/c1-7(2)6-16-13-17-11(12(19)18-13)10-8(14)4-3-5-9(10)15/h3-5,7,11H,6H2,1-2H3,(H2,16,17,18,19). The first kappa shape index (κ1) is 13.8. The fourth-order valence-corrected chi connectivity index (χ4v) is 2.05. The topological polar surface area (TPSA) is 53.5 Å². The third kappa shape index (κ3) is 3.04. The van der Waals surface area contributed by atoms with Gasteiger partial charge in [-0.2, -0.15) is 0 Å². The number of nitrogens with one attached hydrogen (secondary N) is 2. The molecule has 1 aromatic rings. The van der Waals surface area contributed by atoms with Crippen LogP contribution in [-0.2, 0) is 4.79 Å². The third-order valence-electron chi connectivity index (χ3n) is 2.69. The number of amides is 1. The molecule has 0 bridgehead atoms. The van der Waals surface area contributed by atoms with Gasteiger partial charge in [-0.25, -0.2) is 4.39 Å². The Morgan fingerprint density at radius 1 is 1.47 bits per heavy atom. The van der Waals surface area contributed by atoms with Gasteiger partial charge in [-0.3, -0.25) is 15.1 Å². The first-order chi connectivity index (χ1) is 8.99. The van der Waals surface area contributed by atoms with Crippen molar-refractivity contribution >= 4 is 23.5 Å². The van der Waals surface area contributed by atoms with E-state index in [9.17, 15) is 9.18 Å². The van der Waals surface area contributed by atoms with Gasteiger partial charge in [-0.15, -0.1) is 0 Å². The maximum absolute atomic E-state index is 13.8. The number of benzene rings is 1. The number of halogens is 2. The molecule has 1 saturated heterocycles. The molecule has 1 atom stereocenters. The zero-order valence-electron chi connectivity index (χ0n) is 10.7. The lowest BCUT2D eigenvalue weighted by Crippen LogP contribution is -2.26. The molecular weight excluding hydrogens is 269 g/mol. The minimum absolute atomic E-state index is 0.149. The Labute approximate surface area is 116 Å². The smallest absolute Gasteiger partial charge is 0.254 e. The highest BCUT2D eigenvalue weighted by molar-refractivity contribution is 6.31. The number of carbonyl (C=O) groups excluding carboxylic acids is 1. The Hall–Kier alpha value is -1.62. The van der Waals surface area contributed by atoms with E-state index in [1.807, 2.05) is 13.8 Å². The second-order valence-electron chi connectivity index (χ2n) is 4.79. The fraction of sp³-hybridized carbons (Fsp3) is 0.385. The summed E-state index contributed by atoms with van der Waals surface area (Å²) in [6, 6.07) is 3.50. The van der Waals surface area contributed by atoms with Gasteiger partial charge in [0, 0.05) is 17.1 Å². The van der Waals surface area contributed by atoms with Crippen LogP contribution in [0.5, 0.6) is 0 Å². The highest BCUT2D eigenvalue weighted by Gasteiger charge is 2.33. The largest absolute Gasteiger partial charge is 0.340 e. The van der Waals surface area contributed by atoms with Gasteiger partial charge in [-0.1, -0.05) is 31.5 Å². The number of carbonyl (C=O) groups is 1. The first-order valence-corrected chi connectivity index (χ1v) is 6.42. The van der Waals surface area contributed by atoms with Crippen LogP contribution in [-0.4, -0.2) is 18.4 Å². The van der Waals surface area contributed by atoms with E-state index in [4.69, 9.17) is 11.6 Å². The molecule has 19 heavy (non-hydrogen) atoms. The normalized spacial score (nSPS) is 20.8. The second-order valence-corrected chi connectivity index (χ2v) is 5.19. The second kappa shape index (κ2) is 5.57. The van der Waals surface area contributed by atoms with Gasteiger partial charge < -0.3 is 5.32 Å². The summed E-state index contributed by atoms with van der Waals surface area (Å²) in [5.41, 5.74) is 0.149. The van der Waals surface area contributed by atoms with Crippen LogP contribution in [0.2, 0.25) is 5.02 Å². The average Bonchev–Trinajstić information content (AvgIpc) is 2.68. The molecule has 1 amide bonds. The Morgan fingerprint density at radius 3 is 2.84 bits per heavy atom. The molecule has 1 heterocycles. The Balaban J connectivity index is 2.23. The SMILES string of the molecule is CC(C)CN=C1NC(=O)C(c2c(F)cccc2Cl)N1. The minimum Gasteiger partial charge on any atom is -0.340 e. The lowest BCUT2D eigenvalue weighted by molar-refractivity contribution is -0.120. The summed E-state index contributed by atoms with van der Waals surface area (Å²) in [5, 5.41) is 5.67. The van der Waals surface area contributed by atoms with E-state index < -0.39 is 11.9 Å². The maximum atomic E-state index is 13.8. The molecule has 0 spiro atoms. The van der Waals surface area contributed by atoms with Crippen LogP contribution in [0, 0.1) is 11.7 Å². The summed E-state index contributed by atoms with van der Waals surface area (Å²) in [6.07, 6.45) is 0. The van der Waals surface area contributed by atoms with Gasteiger partial charge in [-0.05, 0) is 18.1 Å². The molecule has 1 aromatic carbocycles. The number of rotatable bonds is 3. The van der Waals surface area contributed by atoms with Crippen LogP contribution in [0.15, 0.2) is 23.2 Å². The van der Waals surface area contributed by atoms with Crippen LogP contribution < -0.4 is 10.6 Å². The van der Waals surface area contributed by atoms with Crippen LogP contribution in [0.1, 0.15) is 25.5 Å². The molecule has 1 unspecified atom stereocenters. The number of hydrogen-bond acceptors (Lipinski definition) is 2. The van der Waals surface area contributed by atoms with Crippen molar-refractivity contribution in [2.75, 3.05) is 6.54 Å². The summed E-state index contributed by atoms with van der Waals surface area (Å²) in [6.45, 7) is 4.62. The molecule has 4 nitrogen and oxygen atoms in total. The van der Waals surface area contributed by atoms with Crippen molar-refractivity contribution in [3.63, 3.8) is 0 Å². The number of hydrogen-bond donors (Lipinski definition) is 2. The summed E-state index contributed by atoms with van der Waals surface area (Å²) < 4.78 is 13.8.